The molecule has 1 aliphatic heterocycles. The highest BCUT2D eigenvalue weighted by molar-refractivity contribution is 7.41. The molecule has 0 aromatic heterocycles. The van der Waals surface area contributed by atoms with Gasteiger partial charge in [0.15, 0.2) is 0 Å². The third-order valence-electron chi connectivity index (χ3n) is 1.52. The van der Waals surface area contributed by atoms with Crippen molar-refractivity contribution in [3.05, 3.63) is 0 Å². The van der Waals surface area contributed by atoms with Crippen LogP contribution in [0.3, 0.4) is 0 Å². The molecule has 1 aliphatic rings. The molecule has 0 bridgehead atoms. The van der Waals surface area contributed by atoms with E-state index < -0.39 is 8.60 Å². The lowest BCUT2D eigenvalue weighted by atomic mass is 10.0. The summed E-state index contributed by atoms with van der Waals surface area (Å²) >= 11 is 0. The Morgan fingerprint density at radius 3 is 2.64 bits per heavy atom. The Bertz CT molecular complexity index is 138. The van der Waals surface area contributed by atoms with E-state index in [-0.39, 0.29) is 11.7 Å². The first-order chi connectivity index (χ1) is 5.03. The molecule has 66 valence electrons. The zero-order valence-corrected chi connectivity index (χ0v) is 8.35. The monoisotopic (exact) mass is 178 g/mol. The van der Waals surface area contributed by atoms with Crippen molar-refractivity contribution >= 4 is 8.60 Å². The highest BCUT2D eigenvalue weighted by Crippen LogP contribution is 2.50. The smallest absolute Gasteiger partial charge is 0.316 e. The molecular weight excluding hydrogens is 163 g/mol. The summed E-state index contributed by atoms with van der Waals surface area (Å²) in [5, 5.41) is 0. The minimum absolute atomic E-state index is 0.0978. The molecule has 0 aliphatic carbocycles. The van der Waals surface area contributed by atoms with Gasteiger partial charge in [0.1, 0.15) is 0 Å². The molecule has 0 aromatic rings. The molecule has 1 fully saturated rings. The second-order valence-corrected chi connectivity index (χ2v) is 4.58. The molecule has 0 radical (unpaired) electrons. The second-order valence-electron chi connectivity index (χ2n) is 3.38. The first kappa shape index (κ1) is 9.40. The lowest BCUT2D eigenvalue weighted by Gasteiger charge is -2.36. The van der Waals surface area contributed by atoms with Gasteiger partial charge in [-0.15, -0.1) is 0 Å². The van der Waals surface area contributed by atoms with E-state index in [9.17, 15) is 0 Å². The van der Waals surface area contributed by atoms with E-state index in [2.05, 4.69) is 13.8 Å². The number of hydrogen-bond acceptors (Lipinski definition) is 3. The van der Waals surface area contributed by atoms with Gasteiger partial charge >= 0.3 is 8.60 Å². The van der Waals surface area contributed by atoms with Crippen molar-refractivity contribution in [2.75, 3.05) is 7.11 Å². The van der Waals surface area contributed by atoms with Crippen LogP contribution in [0, 0.1) is 0 Å². The fraction of sp³-hybridized carbons (Fsp3) is 1.00. The van der Waals surface area contributed by atoms with Crippen LogP contribution in [0.15, 0.2) is 0 Å². The molecule has 0 amide bonds. The molecule has 0 aromatic carbocycles. The van der Waals surface area contributed by atoms with Gasteiger partial charge in [-0.05, 0) is 20.8 Å². The Balaban J connectivity index is 2.51. The summed E-state index contributed by atoms with van der Waals surface area (Å²) in [6.07, 6.45) is 1.17. The topological polar surface area (TPSA) is 27.7 Å². The Kier molecular flexibility index (Phi) is 2.87. The van der Waals surface area contributed by atoms with Crippen LogP contribution in [-0.2, 0) is 13.6 Å². The lowest BCUT2D eigenvalue weighted by molar-refractivity contribution is -0.0195. The molecular formula is C7H15O3P. The molecule has 0 saturated carbocycles. The molecule has 0 spiro atoms. The maximum absolute atomic E-state index is 5.51. The minimum atomic E-state index is -1.10. The highest BCUT2D eigenvalue weighted by Gasteiger charge is 2.34. The Hall–Kier alpha value is 0.310. The molecule has 11 heavy (non-hydrogen) atoms. The Morgan fingerprint density at radius 1 is 1.55 bits per heavy atom. The molecule has 1 saturated heterocycles. The van der Waals surface area contributed by atoms with Gasteiger partial charge in [-0.3, -0.25) is 0 Å². The third kappa shape index (κ3) is 2.68. The zero-order chi connectivity index (χ0) is 8.48. The van der Waals surface area contributed by atoms with Crippen molar-refractivity contribution in [1.82, 2.24) is 0 Å². The van der Waals surface area contributed by atoms with E-state index in [1.54, 1.807) is 7.11 Å². The molecule has 0 N–H and O–H groups in total. The predicted molar refractivity (Wildman–Crippen MR) is 44.3 cm³/mol. The summed E-state index contributed by atoms with van der Waals surface area (Å²) in [5.74, 6) is 0. The summed E-state index contributed by atoms with van der Waals surface area (Å²) < 4.78 is 15.9. The van der Waals surface area contributed by atoms with Crippen molar-refractivity contribution in [3.8, 4) is 0 Å². The van der Waals surface area contributed by atoms with Crippen molar-refractivity contribution in [3.63, 3.8) is 0 Å². The van der Waals surface area contributed by atoms with Crippen molar-refractivity contribution < 1.29 is 13.6 Å². The van der Waals surface area contributed by atoms with E-state index in [4.69, 9.17) is 13.6 Å². The zero-order valence-electron chi connectivity index (χ0n) is 7.46. The van der Waals surface area contributed by atoms with Crippen molar-refractivity contribution in [2.45, 2.75) is 38.9 Å². The number of hydrogen-bond donors (Lipinski definition) is 0. The largest absolute Gasteiger partial charge is 0.333 e. The molecule has 4 heteroatoms. The van der Waals surface area contributed by atoms with E-state index in [0.29, 0.717) is 0 Å². The van der Waals surface area contributed by atoms with Crippen LogP contribution in [0.2, 0.25) is 0 Å². The van der Waals surface area contributed by atoms with Crippen LogP contribution in [-0.4, -0.2) is 18.8 Å². The van der Waals surface area contributed by atoms with Gasteiger partial charge in [-0.25, -0.2) is 0 Å². The van der Waals surface area contributed by atoms with Crippen LogP contribution >= 0.6 is 8.60 Å². The van der Waals surface area contributed by atoms with E-state index in [0.717, 1.165) is 6.42 Å². The fourth-order valence-electron chi connectivity index (χ4n) is 1.22. The maximum Gasteiger partial charge on any atom is 0.333 e. The van der Waals surface area contributed by atoms with Gasteiger partial charge in [0.25, 0.3) is 0 Å². The van der Waals surface area contributed by atoms with Crippen molar-refractivity contribution in [2.24, 2.45) is 0 Å². The quantitative estimate of drug-likeness (QED) is 0.577. The molecule has 1 rings (SSSR count). The lowest BCUT2D eigenvalue weighted by Crippen LogP contribution is -2.33. The Morgan fingerprint density at radius 2 is 2.18 bits per heavy atom. The summed E-state index contributed by atoms with van der Waals surface area (Å²) in [6, 6.07) is 0. The van der Waals surface area contributed by atoms with Gasteiger partial charge in [-0.2, -0.15) is 0 Å². The van der Waals surface area contributed by atoms with Gasteiger partial charge in [0.05, 0.1) is 11.7 Å². The summed E-state index contributed by atoms with van der Waals surface area (Å²) in [6.45, 7) is 6.15. The van der Waals surface area contributed by atoms with Gasteiger partial charge < -0.3 is 13.6 Å². The van der Waals surface area contributed by atoms with E-state index >= 15 is 0 Å². The fourth-order valence-corrected chi connectivity index (χ4v) is 2.27. The summed E-state index contributed by atoms with van der Waals surface area (Å²) in [5.41, 5.74) is -0.0978. The molecule has 2 atom stereocenters. The van der Waals surface area contributed by atoms with Gasteiger partial charge in [0.2, 0.25) is 0 Å². The van der Waals surface area contributed by atoms with Crippen molar-refractivity contribution in [1.29, 1.82) is 0 Å². The number of rotatable bonds is 1. The summed E-state index contributed by atoms with van der Waals surface area (Å²) in [4.78, 5) is 0. The van der Waals surface area contributed by atoms with Crippen LogP contribution in [0.25, 0.3) is 0 Å². The molecule has 1 heterocycles. The normalized spacial score (nSPS) is 37.1. The highest BCUT2D eigenvalue weighted by atomic mass is 31.2. The van der Waals surface area contributed by atoms with E-state index in [1.807, 2.05) is 6.92 Å². The summed E-state index contributed by atoms with van der Waals surface area (Å²) in [7, 11) is 0.514. The molecule has 0 unspecified atom stereocenters. The predicted octanol–water partition coefficient (Wildman–Crippen LogP) is 2.46. The second kappa shape index (κ2) is 3.36. The van der Waals surface area contributed by atoms with Crippen LogP contribution < -0.4 is 0 Å². The van der Waals surface area contributed by atoms with Crippen LogP contribution in [0.5, 0.6) is 0 Å². The third-order valence-corrected chi connectivity index (χ3v) is 2.99. The van der Waals surface area contributed by atoms with Gasteiger partial charge in [0, 0.05) is 13.5 Å². The maximum atomic E-state index is 5.51. The average molecular weight is 178 g/mol. The minimum Gasteiger partial charge on any atom is -0.316 e. The van der Waals surface area contributed by atoms with Gasteiger partial charge in [-0.1, -0.05) is 0 Å². The Labute approximate surface area is 69.0 Å². The molecule has 3 nitrogen and oxygen atoms in total. The van der Waals surface area contributed by atoms with Crippen LogP contribution in [0.1, 0.15) is 27.2 Å². The SMILES string of the molecule is CO[P@]1O[C@@H](C)CC(C)(C)O1. The average Bonchev–Trinajstić information content (AvgIpc) is 1.83. The first-order valence-corrected chi connectivity index (χ1v) is 4.83. The van der Waals surface area contributed by atoms with E-state index in [1.165, 1.54) is 0 Å². The first-order valence-electron chi connectivity index (χ1n) is 3.73. The van der Waals surface area contributed by atoms with Crippen LogP contribution in [0.4, 0.5) is 0 Å². The standard InChI is InChI=1S/C7H15O3P/c1-6-5-7(2,3)10-11(8-4)9-6/h6H,5H2,1-4H3/t6-,11+/m0/s1.